The van der Waals surface area contributed by atoms with Gasteiger partial charge in [-0.15, -0.1) is 0 Å². The fourth-order valence-corrected chi connectivity index (χ4v) is 2.77. The lowest BCUT2D eigenvalue weighted by molar-refractivity contribution is -0.384. The first-order chi connectivity index (χ1) is 8.49. The molecule has 5 nitrogen and oxygen atoms in total. The summed E-state index contributed by atoms with van der Waals surface area (Å²) < 4.78 is 0. The molecule has 98 valence electrons. The van der Waals surface area contributed by atoms with Crippen molar-refractivity contribution in [2.24, 2.45) is 11.7 Å². The number of benzene rings is 1. The molecule has 0 aliphatic carbocycles. The molecule has 0 aromatic heterocycles. The van der Waals surface area contributed by atoms with Crippen LogP contribution in [0, 0.1) is 16.0 Å². The summed E-state index contributed by atoms with van der Waals surface area (Å²) >= 11 is 5.92. The van der Waals surface area contributed by atoms with Crippen molar-refractivity contribution in [3.8, 4) is 0 Å². The normalized spacial score (nSPS) is 24.1. The maximum atomic E-state index is 11.1. The standard InChI is InChI=1S/C12H16ClN3O2/c1-8-5-9(14)7-15(6-8)11-4-2-3-10(13)12(11)16(17)18/h2-4,8-9H,5-7,14H2,1H3. The fraction of sp³-hybridized carbons (Fsp3) is 0.500. The first-order valence-electron chi connectivity index (χ1n) is 5.92. The fourth-order valence-electron chi connectivity index (χ4n) is 2.54. The van der Waals surface area contributed by atoms with Gasteiger partial charge >= 0.3 is 5.69 Å². The lowest BCUT2D eigenvalue weighted by Crippen LogP contribution is -2.46. The van der Waals surface area contributed by atoms with Gasteiger partial charge in [0, 0.05) is 19.1 Å². The van der Waals surface area contributed by atoms with Crippen LogP contribution in [0.2, 0.25) is 5.02 Å². The van der Waals surface area contributed by atoms with Crippen molar-refractivity contribution in [1.82, 2.24) is 0 Å². The number of para-hydroxylation sites is 1. The molecule has 2 unspecified atom stereocenters. The molecule has 1 heterocycles. The van der Waals surface area contributed by atoms with Gasteiger partial charge in [-0.05, 0) is 24.5 Å². The predicted octanol–water partition coefficient (Wildman–Crippen LogP) is 2.42. The van der Waals surface area contributed by atoms with Crippen LogP contribution in [-0.4, -0.2) is 24.1 Å². The summed E-state index contributed by atoms with van der Waals surface area (Å²) in [6, 6.07) is 5.05. The number of nitrogens with two attached hydrogens (primary N) is 1. The number of halogens is 1. The first-order valence-corrected chi connectivity index (χ1v) is 6.30. The third-order valence-electron chi connectivity index (χ3n) is 3.18. The highest BCUT2D eigenvalue weighted by atomic mass is 35.5. The van der Waals surface area contributed by atoms with Crippen LogP contribution in [0.25, 0.3) is 0 Å². The van der Waals surface area contributed by atoms with Gasteiger partial charge in [-0.25, -0.2) is 0 Å². The number of nitro groups is 1. The van der Waals surface area contributed by atoms with Crippen molar-refractivity contribution in [2.75, 3.05) is 18.0 Å². The molecule has 1 aromatic rings. The minimum absolute atomic E-state index is 0.0273. The van der Waals surface area contributed by atoms with E-state index in [1.165, 1.54) is 6.07 Å². The second-order valence-corrected chi connectivity index (χ2v) is 5.28. The summed E-state index contributed by atoms with van der Waals surface area (Å²) in [4.78, 5) is 12.6. The van der Waals surface area contributed by atoms with Gasteiger partial charge in [0.05, 0.1) is 4.92 Å². The first kappa shape index (κ1) is 13.1. The predicted molar refractivity (Wildman–Crippen MR) is 72.1 cm³/mol. The Morgan fingerprint density at radius 2 is 2.22 bits per heavy atom. The maximum Gasteiger partial charge on any atom is 0.310 e. The highest BCUT2D eigenvalue weighted by Gasteiger charge is 2.28. The van der Waals surface area contributed by atoms with E-state index in [0.717, 1.165) is 13.0 Å². The molecule has 0 saturated carbocycles. The van der Waals surface area contributed by atoms with Crippen molar-refractivity contribution >= 4 is 23.0 Å². The van der Waals surface area contributed by atoms with Crippen LogP contribution in [0.4, 0.5) is 11.4 Å². The minimum Gasteiger partial charge on any atom is -0.364 e. The van der Waals surface area contributed by atoms with Crippen LogP contribution in [0.5, 0.6) is 0 Å². The smallest absolute Gasteiger partial charge is 0.310 e. The number of anilines is 1. The zero-order valence-corrected chi connectivity index (χ0v) is 10.9. The molecule has 1 saturated heterocycles. The zero-order chi connectivity index (χ0) is 13.3. The number of nitrogens with zero attached hydrogens (tertiary/aromatic N) is 2. The van der Waals surface area contributed by atoms with E-state index < -0.39 is 4.92 Å². The Hall–Kier alpha value is -1.33. The van der Waals surface area contributed by atoms with Gasteiger partial charge in [0.25, 0.3) is 0 Å². The Balaban J connectivity index is 2.38. The van der Waals surface area contributed by atoms with Crippen molar-refractivity contribution in [3.05, 3.63) is 33.3 Å². The van der Waals surface area contributed by atoms with E-state index in [-0.39, 0.29) is 16.8 Å². The van der Waals surface area contributed by atoms with Gasteiger partial charge in [-0.3, -0.25) is 10.1 Å². The quantitative estimate of drug-likeness (QED) is 0.661. The molecule has 1 fully saturated rings. The van der Waals surface area contributed by atoms with Crippen molar-refractivity contribution in [2.45, 2.75) is 19.4 Å². The number of piperidine rings is 1. The van der Waals surface area contributed by atoms with Gasteiger partial charge in [0.15, 0.2) is 0 Å². The molecule has 0 radical (unpaired) electrons. The molecule has 2 atom stereocenters. The number of nitro benzene ring substituents is 1. The van der Waals surface area contributed by atoms with Crippen molar-refractivity contribution in [3.63, 3.8) is 0 Å². The van der Waals surface area contributed by atoms with E-state index in [0.29, 0.717) is 18.2 Å². The van der Waals surface area contributed by atoms with Crippen molar-refractivity contribution < 1.29 is 4.92 Å². The summed E-state index contributed by atoms with van der Waals surface area (Å²) in [5.74, 6) is 0.423. The number of hydrogen-bond acceptors (Lipinski definition) is 4. The molecule has 0 amide bonds. The Labute approximate surface area is 111 Å². The van der Waals surface area contributed by atoms with Crippen LogP contribution in [0.3, 0.4) is 0 Å². The molecule has 2 rings (SSSR count). The Morgan fingerprint density at radius 1 is 1.50 bits per heavy atom. The Morgan fingerprint density at radius 3 is 2.83 bits per heavy atom. The van der Waals surface area contributed by atoms with Gasteiger partial charge in [-0.1, -0.05) is 24.6 Å². The molecular weight excluding hydrogens is 254 g/mol. The van der Waals surface area contributed by atoms with Crippen LogP contribution in [0.15, 0.2) is 18.2 Å². The van der Waals surface area contributed by atoms with E-state index in [1.54, 1.807) is 12.1 Å². The Kier molecular flexibility index (Phi) is 3.73. The topological polar surface area (TPSA) is 72.4 Å². The van der Waals surface area contributed by atoms with Crippen molar-refractivity contribution in [1.29, 1.82) is 0 Å². The maximum absolute atomic E-state index is 11.1. The van der Waals surface area contributed by atoms with E-state index in [9.17, 15) is 10.1 Å². The lowest BCUT2D eigenvalue weighted by atomic mass is 9.96. The third-order valence-corrected chi connectivity index (χ3v) is 3.49. The number of hydrogen-bond donors (Lipinski definition) is 1. The summed E-state index contributed by atoms with van der Waals surface area (Å²) in [6.45, 7) is 3.50. The largest absolute Gasteiger partial charge is 0.364 e. The van der Waals surface area contributed by atoms with Crippen LogP contribution < -0.4 is 10.6 Å². The van der Waals surface area contributed by atoms with Crippen LogP contribution in [-0.2, 0) is 0 Å². The summed E-state index contributed by atoms with van der Waals surface area (Å²) in [6.07, 6.45) is 0.949. The lowest BCUT2D eigenvalue weighted by Gasteiger charge is -2.36. The molecule has 6 heteroatoms. The van der Waals surface area contributed by atoms with E-state index in [4.69, 9.17) is 17.3 Å². The molecule has 18 heavy (non-hydrogen) atoms. The zero-order valence-electron chi connectivity index (χ0n) is 10.2. The Bertz CT molecular complexity index is 457. The van der Waals surface area contributed by atoms with Crippen LogP contribution >= 0.6 is 11.6 Å². The molecular formula is C12H16ClN3O2. The average Bonchev–Trinajstić information content (AvgIpc) is 2.26. The summed E-state index contributed by atoms with van der Waals surface area (Å²) in [5.41, 5.74) is 6.51. The summed E-state index contributed by atoms with van der Waals surface area (Å²) in [5, 5.41) is 11.3. The SMILES string of the molecule is CC1CC(N)CN(c2cccc(Cl)c2[N+](=O)[O-])C1. The van der Waals surface area contributed by atoms with Gasteiger partial charge in [0.2, 0.25) is 0 Å². The second-order valence-electron chi connectivity index (χ2n) is 4.87. The van der Waals surface area contributed by atoms with Gasteiger partial charge in [-0.2, -0.15) is 0 Å². The molecule has 2 N–H and O–H groups in total. The summed E-state index contributed by atoms with van der Waals surface area (Å²) in [7, 11) is 0. The van der Waals surface area contributed by atoms with E-state index in [1.807, 2.05) is 4.90 Å². The van der Waals surface area contributed by atoms with E-state index in [2.05, 4.69) is 6.92 Å². The minimum atomic E-state index is -0.428. The molecule has 1 aromatic carbocycles. The third kappa shape index (κ3) is 2.57. The monoisotopic (exact) mass is 269 g/mol. The van der Waals surface area contributed by atoms with Crippen LogP contribution in [0.1, 0.15) is 13.3 Å². The molecule has 1 aliphatic heterocycles. The second kappa shape index (κ2) is 5.12. The highest BCUT2D eigenvalue weighted by Crippen LogP contribution is 2.36. The molecule has 0 spiro atoms. The van der Waals surface area contributed by atoms with E-state index >= 15 is 0 Å². The van der Waals surface area contributed by atoms with Gasteiger partial charge < -0.3 is 10.6 Å². The average molecular weight is 270 g/mol. The van der Waals surface area contributed by atoms with Gasteiger partial charge in [0.1, 0.15) is 10.7 Å². The molecule has 0 bridgehead atoms. The highest BCUT2D eigenvalue weighted by molar-refractivity contribution is 6.33. The number of rotatable bonds is 2. The molecule has 1 aliphatic rings.